The van der Waals surface area contributed by atoms with Crippen molar-refractivity contribution >= 4 is 34.4 Å². The highest BCUT2D eigenvalue weighted by Gasteiger charge is 2.53. The number of nitrogens with two attached hydrogens (primary N) is 1. The minimum absolute atomic E-state index is 0.0144. The highest BCUT2D eigenvalue weighted by atomic mass is 32.2. The van der Waals surface area contributed by atoms with Crippen LogP contribution in [0.3, 0.4) is 0 Å². The van der Waals surface area contributed by atoms with Gasteiger partial charge in [-0.3, -0.25) is 14.6 Å². The first-order chi connectivity index (χ1) is 16.5. The number of rotatable bonds is 6. The van der Waals surface area contributed by atoms with E-state index in [1.807, 2.05) is 0 Å². The van der Waals surface area contributed by atoms with Crippen molar-refractivity contribution in [2.45, 2.75) is 31.1 Å². The zero-order valence-electron chi connectivity index (χ0n) is 19.5. The van der Waals surface area contributed by atoms with Crippen LogP contribution >= 0.6 is 11.8 Å². The fourth-order valence-corrected chi connectivity index (χ4v) is 5.09. The molecule has 2 aromatic rings. The Balaban J connectivity index is 1.97. The van der Waals surface area contributed by atoms with Gasteiger partial charge in [-0.2, -0.15) is 0 Å². The lowest BCUT2D eigenvalue weighted by Gasteiger charge is -2.46. The molecule has 0 spiro atoms. The van der Waals surface area contributed by atoms with Crippen molar-refractivity contribution in [1.82, 2.24) is 15.3 Å². The predicted molar refractivity (Wildman–Crippen MR) is 129 cm³/mol. The number of amidine groups is 1. The number of carbonyl (C=O) groups is 2. The van der Waals surface area contributed by atoms with Crippen molar-refractivity contribution in [1.29, 1.82) is 0 Å². The summed E-state index contributed by atoms with van der Waals surface area (Å²) in [5.41, 5.74) is 4.30. The van der Waals surface area contributed by atoms with Gasteiger partial charge in [0.1, 0.15) is 10.4 Å². The van der Waals surface area contributed by atoms with Crippen LogP contribution in [-0.4, -0.2) is 45.4 Å². The molecule has 0 saturated heterocycles. The van der Waals surface area contributed by atoms with E-state index in [9.17, 15) is 14.0 Å². The minimum atomic E-state index is -1.42. The summed E-state index contributed by atoms with van der Waals surface area (Å²) in [5.74, 6) is -1.63. The van der Waals surface area contributed by atoms with E-state index in [4.69, 9.17) is 16.9 Å². The van der Waals surface area contributed by atoms with Gasteiger partial charge in [-0.05, 0) is 19.9 Å². The molecule has 0 saturated carbocycles. The lowest BCUT2D eigenvalue weighted by Crippen LogP contribution is -2.55. The van der Waals surface area contributed by atoms with Gasteiger partial charge in [-0.25, -0.2) is 18.7 Å². The van der Waals surface area contributed by atoms with Crippen molar-refractivity contribution in [3.05, 3.63) is 47.4 Å². The molecule has 0 unspecified atom stereocenters. The summed E-state index contributed by atoms with van der Waals surface area (Å²) in [6, 6.07) is 2.10. The molecule has 0 bridgehead atoms. The predicted octanol–water partition coefficient (Wildman–Crippen LogP) is 2.44. The molecule has 35 heavy (non-hydrogen) atoms. The molecule has 3 atom stereocenters. The van der Waals surface area contributed by atoms with Crippen LogP contribution in [0.5, 0.6) is 5.88 Å². The number of aliphatic imine (C=N–C) groups is 1. The summed E-state index contributed by atoms with van der Waals surface area (Å²) < 4.78 is 33.8. The Morgan fingerprint density at radius 1 is 1.29 bits per heavy atom. The lowest BCUT2D eigenvalue weighted by molar-refractivity contribution is -0.124. The lowest BCUT2D eigenvalue weighted by atomic mass is 9.73. The largest absolute Gasteiger partial charge is 0.463 e. The van der Waals surface area contributed by atoms with E-state index in [2.05, 4.69) is 31.5 Å². The molecule has 4 N–H and O–H groups in total. The Morgan fingerprint density at radius 2 is 2.00 bits per heavy atom. The maximum atomic E-state index is 15.1. The molecule has 1 aliphatic rings. The third kappa shape index (κ3) is 4.90. The van der Waals surface area contributed by atoms with Crippen LogP contribution in [0, 0.1) is 29.9 Å². The van der Waals surface area contributed by atoms with Crippen molar-refractivity contribution in [3.63, 3.8) is 0 Å². The van der Waals surface area contributed by atoms with Crippen LogP contribution in [-0.2, 0) is 10.3 Å². The Morgan fingerprint density at radius 3 is 2.60 bits per heavy atom. The summed E-state index contributed by atoms with van der Waals surface area (Å²) in [7, 11) is 1.48. The fourth-order valence-electron chi connectivity index (χ4n) is 3.82. The van der Waals surface area contributed by atoms with Gasteiger partial charge in [-0.1, -0.05) is 24.6 Å². The SMILES string of the molecule is C#CCOc1cnc(C(=O)Nc2cc(F)c(F)c([C@@]3(C)N=C(N)S[C@](C)(C(=O)NC)[C@H]3C)c2)cn1. The van der Waals surface area contributed by atoms with Gasteiger partial charge in [0.2, 0.25) is 11.8 Å². The Labute approximate surface area is 205 Å². The van der Waals surface area contributed by atoms with Gasteiger partial charge >= 0.3 is 0 Å². The van der Waals surface area contributed by atoms with E-state index in [1.165, 1.54) is 19.3 Å². The van der Waals surface area contributed by atoms with Crippen LogP contribution in [0.25, 0.3) is 0 Å². The number of amides is 2. The van der Waals surface area contributed by atoms with Crippen molar-refractivity contribution < 1.29 is 23.1 Å². The van der Waals surface area contributed by atoms with E-state index in [1.54, 1.807) is 20.8 Å². The van der Waals surface area contributed by atoms with E-state index < -0.39 is 33.7 Å². The zero-order valence-corrected chi connectivity index (χ0v) is 20.3. The molecule has 1 aromatic carbocycles. The summed E-state index contributed by atoms with van der Waals surface area (Å²) in [4.78, 5) is 37.6. The first-order valence-electron chi connectivity index (χ1n) is 10.4. The molecule has 3 rings (SSSR count). The standard InChI is InChI=1S/C23H24F2N6O3S/c1-6-7-34-17-11-28-16(10-29-17)19(32)30-13-8-14(18(25)15(24)9-13)22(3)12(2)23(4,20(33)27-5)35-21(26)31-22/h1,8-12H,7H2,2-5H3,(H2,26,31)(H,27,33)(H,30,32)/t12-,22-,23-/m0/s1. The Bertz CT molecular complexity index is 1230. The molecule has 12 heteroatoms. The van der Waals surface area contributed by atoms with Crippen molar-refractivity contribution in [2.75, 3.05) is 19.0 Å². The normalized spacial score (nSPS) is 23.6. The molecule has 2 amide bonds. The van der Waals surface area contributed by atoms with E-state index in [0.29, 0.717) is 0 Å². The zero-order chi connectivity index (χ0) is 26.0. The van der Waals surface area contributed by atoms with E-state index >= 15 is 4.39 Å². The summed E-state index contributed by atoms with van der Waals surface area (Å²) >= 11 is 1.05. The minimum Gasteiger partial charge on any atom is -0.463 e. The van der Waals surface area contributed by atoms with Gasteiger partial charge in [-0.15, -0.1) is 6.42 Å². The summed E-state index contributed by atoms with van der Waals surface area (Å²) in [6.45, 7) is 4.92. The first kappa shape index (κ1) is 25.9. The molecule has 1 aromatic heterocycles. The number of hydrogen-bond acceptors (Lipinski definition) is 8. The van der Waals surface area contributed by atoms with E-state index in [-0.39, 0.29) is 40.5 Å². The number of anilines is 1. The van der Waals surface area contributed by atoms with Gasteiger partial charge in [0, 0.05) is 30.3 Å². The van der Waals surface area contributed by atoms with E-state index in [0.717, 1.165) is 24.0 Å². The number of thioether (sulfide) groups is 1. The smallest absolute Gasteiger partial charge is 0.275 e. The van der Waals surface area contributed by atoms with Gasteiger partial charge < -0.3 is 21.1 Å². The molecular formula is C23H24F2N6O3S. The highest BCUT2D eigenvalue weighted by molar-refractivity contribution is 8.15. The van der Waals surface area contributed by atoms with Crippen molar-refractivity contribution in [2.24, 2.45) is 16.6 Å². The molecule has 0 fully saturated rings. The number of benzene rings is 1. The molecule has 2 heterocycles. The number of nitrogens with zero attached hydrogens (tertiary/aromatic N) is 3. The van der Waals surface area contributed by atoms with Crippen LogP contribution in [0.4, 0.5) is 14.5 Å². The van der Waals surface area contributed by atoms with Crippen LogP contribution < -0.4 is 21.1 Å². The third-order valence-electron chi connectivity index (χ3n) is 6.00. The fraction of sp³-hybridized carbons (Fsp3) is 0.348. The monoisotopic (exact) mass is 502 g/mol. The second-order valence-corrected chi connectivity index (χ2v) is 9.58. The summed E-state index contributed by atoms with van der Waals surface area (Å²) in [5, 5.41) is 5.12. The quantitative estimate of drug-likeness (QED) is 0.517. The Kier molecular flexibility index (Phi) is 7.30. The van der Waals surface area contributed by atoms with Crippen LogP contribution in [0.2, 0.25) is 0 Å². The number of hydrogen-bond donors (Lipinski definition) is 3. The molecule has 184 valence electrons. The number of nitrogens with one attached hydrogen (secondary N) is 2. The maximum absolute atomic E-state index is 15.1. The van der Waals surface area contributed by atoms with Crippen LogP contribution in [0.1, 0.15) is 36.8 Å². The number of terminal acetylenes is 1. The third-order valence-corrected chi connectivity index (χ3v) is 7.27. The molecule has 1 aliphatic heterocycles. The maximum Gasteiger partial charge on any atom is 0.275 e. The van der Waals surface area contributed by atoms with Gasteiger partial charge in [0.25, 0.3) is 5.91 Å². The second kappa shape index (κ2) is 9.87. The number of aromatic nitrogens is 2. The van der Waals surface area contributed by atoms with Gasteiger partial charge in [0.05, 0.1) is 17.9 Å². The average Bonchev–Trinajstić information content (AvgIpc) is 2.82. The number of ether oxygens (including phenoxy) is 1. The van der Waals surface area contributed by atoms with Crippen LogP contribution in [0.15, 0.2) is 29.5 Å². The molecular weight excluding hydrogens is 478 g/mol. The Hall–Kier alpha value is -3.72. The summed E-state index contributed by atoms with van der Waals surface area (Å²) in [6.07, 6.45) is 7.48. The number of halogens is 2. The molecule has 0 radical (unpaired) electrons. The highest BCUT2D eigenvalue weighted by Crippen LogP contribution is 2.50. The average molecular weight is 503 g/mol. The topological polar surface area (TPSA) is 132 Å². The van der Waals surface area contributed by atoms with Gasteiger partial charge in [0.15, 0.2) is 23.4 Å². The molecule has 9 nitrogen and oxygen atoms in total. The van der Waals surface area contributed by atoms with Crippen molar-refractivity contribution in [3.8, 4) is 18.2 Å². The second-order valence-electron chi connectivity index (χ2n) is 8.11. The molecule has 0 aliphatic carbocycles. The first-order valence-corrected chi connectivity index (χ1v) is 11.2. The number of carbonyl (C=O) groups excluding carboxylic acids is 2.